The molecule has 1 aliphatic heterocycles. The largest absolute Gasteiger partial charge is 0.375 e. The third kappa shape index (κ3) is 3.12. The van der Waals surface area contributed by atoms with Crippen LogP contribution in [0.1, 0.15) is 42.7 Å². The molecule has 0 saturated carbocycles. The molecule has 3 rings (SSSR count). The molecule has 1 fully saturated rings. The Morgan fingerprint density at radius 3 is 2.87 bits per heavy atom. The summed E-state index contributed by atoms with van der Waals surface area (Å²) in [6, 6.07) is 5.67. The molecule has 2 aromatic heterocycles. The zero-order valence-corrected chi connectivity index (χ0v) is 13.8. The van der Waals surface area contributed by atoms with Gasteiger partial charge in [0.25, 0.3) is 5.91 Å². The van der Waals surface area contributed by atoms with Crippen LogP contribution in [0.3, 0.4) is 0 Å². The number of pyridine rings is 1. The van der Waals surface area contributed by atoms with Crippen molar-refractivity contribution in [3.63, 3.8) is 0 Å². The van der Waals surface area contributed by atoms with E-state index in [4.69, 9.17) is 4.74 Å². The molecule has 6 nitrogen and oxygen atoms in total. The van der Waals surface area contributed by atoms with Crippen molar-refractivity contribution < 1.29 is 9.53 Å². The van der Waals surface area contributed by atoms with Crippen molar-refractivity contribution in [2.24, 2.45) is 0 Å². The van der Waals surface area contributed by atoms with Crippen molar-refractivity contribution in [2.75, 3.05) is 19.7 Å². The maximum absolute atomic E-state index is 12.9. The summed E-state index contributed by atoms with van der Waals surface area (Å²) in [5, 5.41) is 4.42. The van der Waals surface area contributed by atoms with Crippen LogP contribution in [0.5, 0.6) is 0 Å². The molecule has 1 saturated heterocycles. The van der Waals surface area contributed by atoms with Gasteiger partial charge in [0.05, 0.1) is 30.2 Å². The number of aromatic nitrogens is 3. The topological polar surface area (TPSA) is 60.2 Å². The minimum Gasteiger partial charge on any atom is -0.375 e. The normalized spacial score (nSPS) is 18.4. The van der Waals surface area contributed by atoms with E-state index in [-0.39, 0.29) is 17.9 Å². The molecule has 122 valence electrons. The Bertz CT molecular complexity index is 681. The van der Waals surface area contributed by atoms with Crippen LogP contribution in [0.4, 0.5) is 0 Å². The summed E-state index contributed by atoms with van der Waals surface area (Å²) in [5.74, 6) is 0.911. The van der Waals surface area contributed by atoms with Gasteiger partial charge >= 0.3 is 0 Å². The number of ether oxygens (including phenoxy) is 1. The van der Waals surface area contributed by atoms with Gasteiger partial charge in [0, 0.05) is 19.3 Å². The molecule has 2 aromatic rings. The third-order valence-electron chi connectivity index (χ3n) is 3.98. The molecule has 0 N–H and O–H groups in total. The number of carbonyl (C=O) groups is 1. The van der Waals surface area contributed by atoms with E-state index in [1.165, 1.54) is 0 Å². The predicted molar refractivity (Wildman–Crippen MR) is 86.8 cm³/mol. The van der Waals surface area contributed by atoms with Gasteiger partial charge in [-0.25, -0.2) is 9.67 Å². The average Bonchev–Trinajstić information content (AvgIpc) is 3.00. The number of hydrogen-bond donors (Lipinski definition) is 0. The molecule has 3 heterocycles. The number of amides is 1. The van der Waals surface area contributed by atoms with Crippen LogP contribution in [-0.4, -0.2) is 51.4 Å². The molecule has 23 heavy (non-hydrogen) atoms. The molecule has 1 amide bonds. The summed E-state index contributed by atoms with van der Waals surface area (Å²) in [6.45, 7) is 7.93. The van der Waals surface area contributed by atoms with Gasteiger partial charge in [0.15, 0.2) is 5.82 Å². The van der Waals surface area contributed by atoms with Gasteiger partial charge in [-0.3, -0.25) is 4.79 Å². The van der Waals surface area contributed by atoms with Crippen LogP contribution in [0, 0.1) is 0 Å². The van der Waals surface area contributed by atoms with Crippen molar-refractivity contribution in [1.29, 1.82) is 0 Å². The van der Waals surface area contributed by atoms with Gasteiger partial charge in [0.1, 0.15) is 0 Å². The van der Waals surface area contributed by atoms with Crippen molar-refractivity contribution in [3.05, 3.63) is 41.9 Å². The Morgan fingerprint density at radius 2 is 2.22 bits per heavy atom. The Labute approximate surface area is 136 Å². The first-order chi connectivity index (χ1) is 11.1. The summed E-state index contributed by atoms with van der Waals surface area (Å²) in [4.78, 5) is 19.1. The van der Waals surface area contributed by atoms with E-state index in [2.05, 4.69) is 23.9 Å². The summed E-state index contributed by atoms with van der Waals surface area (Å²) in [6.07, 6.45) is 3.46. The molecular weight excluding hydrogens is 292 g/mol. The number of hydrogen-bond acceptors (Lipinski definition) is 4. The minimum absolute atomic E-state index is 0.0195. The summed E-state index contributed by atoms with van der Waals surface area (Å²) >= 11 is 0. The number of morpholine rings is 1. The fraction of sp³-hybridized carbons (Fsp3) is 0.471. The number of nitrogens with zero attached hydrogens (tertiary/aromatic N) is 4. The highest BCUT2D eigenvalue weighted by atomic mass is 16.5. The smallest absolute Gasteiger partial charge is 0.257 e. The lowest BCUT2D eigenvalue weighted by atomic mass is 10.0. The van der Waals surface area contributed by atoms with Crippen LogP contribution < -0.4 is 0 Å². The molecule has 6 heteroatoms. The highest BCUT2D eigenvalue weighted by molar-refractivity contribution is 5.95. The zero-order valence-electron chi connectivity index (χ0n) is 13.8. The number of carbonyl (C=O) groups excluding carboxylic acids is 1. The van der Waals surface area contributed by atoms with Gasteiger partial charge in [-0.15, -0.1) is 0 Å². The van der Waals surface area contributed by atoms with Gasteiger partial charge in [-0.1, -0.05) is 19.9 Å². The molecule has 0 aromatic carbocycles. The molecule has 0 bridgehead atoms. The van der Waals surface area contributed by atoms with Crippen LogP contribution in [0.2, 0.25) is 0 Å². The Hall–Kier alpha value is -2.21. The molecule has 0 radical (unpaired) electrons. The third-order valence-corrected chi connectivity index (χ3v) is 3.98. The Balaban J connectivity index is 1.97. The van der Waals surface area contributed by atoms with Gasteiger partial charge in [-0.2, -0.15) is 5.10 Å². The van der Waals surface area contributed by atoms with Gasteiger partial charge in [0.2, 0.25) is 0 Å². The minimum atomic E-state index is 0.0195. The SMILES string of the molecule is CC1CN(C(=O)c2cnn(-c3ccccn3)c2C(C)C)CCO1. The monoisotopic (exact) mass is 314 g/mol. The highest BCUT2D eigenvalue weighted by Gasteiger charge is 2.28. The highest BCUT2D eigenvalue weighted by Crippen LogP contribution is 2.24. The predicted octanol–water partition coefficient (Wildman–Crippen LogP) is 2.25. The molecule has 0 aliphatic carbocycles. The fourth-order valence-electron chi connectivity index (χ4n) is 2.91. The van der Waals surface area contributed by atoms with E-state index < -0.39 is 0 Å². The lowest BCUT2D eigenvalue weighted by Crippen LogP contribution is -2.44. The molecular formula is C17H22N4O2. The summed E-state index contributed by atoms with van der Waals surface area (Å²) in [7, 11) is 0. The molecule has 1 atom stereocenters. The summed E-state index contributed by atoms with van der Waals surface area (Å²) < 4.78 is 7.29. The van der Waals surface area contributed by atoms with Crippen LogP contribution >= 0.6 is 0 Å². The Morgan fingerprint density at radius 1 is 1.39 bits per heavy atom. The van der Waals surface area contributed by atoms with Crippen LogP contribution in [0.25, 0.3) is 5.82 Å². The summed E-state index contributed by atoms with van der Waals surface area (Å²) in [5.41, 5.74) is 1.55. The number of rotatable bonds is 3. The lowest BCUT2D eigenvalue weighted by Gasteiger charge is -2.31. The first-order valence-corrected chi connectivity index (χ1v) is 7.98. The molecule has 1 unspecified atom stereocenters. The van der Waals surface area contributed by atoms with E-state index in [9.17, 15) is 4.79 Å². The maximum atomic E-state index is 12.9. The fourth-order valence-corrected chi connectivity index (χ4v) is 2.91. The van der Waals surface area contributed by atoms with E-state index in [1.807, 2.05) is 30.0 Å². The van der Waals surface area contributed by atoms with Crippen molar-refractivity contribution in [2.45, 2.75) is 32.8 Å². The first kappa shape index (κ1) is 15.7. The van der Waals surface area contributed by atoms with E-state index in [0.717, 1.165) is 11.5 Å². The van der Waals surface area contributed by atoms with Gasteiger partial charge in [-0.05, 0) is 25.0 Å². The second kappa shape index (κ2) is 6.50. The maximum Gasteiger partial charge on any atom is 0.257 e. The van der Waals surface area contributed by atoms with Crippen molar-refractivity contribution >= 4 is 5.91 Å². The molecule has 0 spiro atoms. The second-order valence-electron chi connectivity index (χ2n) is 6.13. The first-order valence-electron chi connectivity index (χ1n) is 7.98. The van der Waals surface area contributed by atoms with Crippen molar-refractivity contribution in [3.8, 4) is 5.82 Å². The quantitative estimate of drug-likeness (QED) is 0.872. The van der Waals surface area contributed by atoms with Gasteiger partial charge < -0.3 is 9.64 Å². The lowest BCUT2D eigenvalue weighted by molar-refractivity contribution is -0.0124. The Kier molecular flexibility index (Phi) is 4.43. The van der Waals surface area contributed by atoms with E-state index in [1.54, 1.807) is 17.1 Å². The van der Waals surface area contributed by atoms with Crippen LogP contribution in [-0.2, 0) is 4.74 Å². The van der Waals surface area contributed by atoms with E-state index >= 15 is 0 Å². The molecule has 1 aliphatic rings. The van der Waals surface area contributed by atoms with Crippen LogP contribution in [0.15, 0.2) is 30.6 Å². The zero-order chi connectivity index (χ0) is 16.4. The standard InChI is InChI=1S/C17H22N4O2/c1-12(2)16-14(17(22)20-8-9-23-13(3)11-20)10-19-21(16)15-6-4-5-7-18-15/h4-7,10,12-13H,8-9,11H2,1-3H3. The average molecular weight is 314 g/mol. The second-order valence-corrected chi connectivity index (χ2v) is 6.13. The van der Waals surface area contributed by atoms with E-state index in [0.29, 0.717) is 25.3 Å². The van der Waals surface area contributed by atoms with Crippen molar-refractivity contribution in [1.82, 2.24) is 19.7 Å².